The van der Waals surface area contributed by atoms with Crippen LogP contribution in [0.1, 0.15) is 42.7 Å². The molecular formula is C20H23NO5. The SMILES string of the molecule is CCOC(=O)c1cn2c(cc1=O)-c1cc(OC)c(OCC)cc1CC2C. The molecule has 0 radical (unpaired) electrons. The molecule has 26 heavy (non-hydrogen) atoms. The van der Waals surface area contributed by atoms with Gasteiger partial charge in [-0.2, -0.15) is 0 Å². The van der Waals surface area contributed by atoms with Gasteiger partial charge in [0.05, 0.1) is 26.0 Å². The summed E-state index contributed by atoms with van der Waals surface area (Å²) in [6.45, 7) is 6.47. The van der Waals surface area contributed by atoms with Crippen molar-refractivity contribution < 1.29 is 19.0 Å². The monoisotopic (exact) mass is 357 g/mol. The van der Waals surface area contributed by atoms with E-state index in [9.17, 15) is 9.59 Å². The molecule has 0 saturated carbocycles. The molecule has 0 fully saturated rings. The molecule has 1 aliphatic rings. The van der Waals surface area contributed by atoms with E-state index in [1.165, 1.54) is 6.07 Å². The average molecular weight is 357 g/mol. The van der Waals surface area contributed by atoms with Gasteiger partial charge in [0, 0.05) is 23.9 Å². The number of nitrogens with zero attached hydrogens (tertiary/aromatic N) is 1. The van der Waals surface area contributed by atoms with Crippen LogP contribution in [0.4, 0.5) is 0 Å². The van der Waals surface area contributed by atoms with E-state index in [-0.39, 0.29) is 23.6 Å². The molecule has 0 aliphatic carbocycles. The van der Waals surface area contributed by atoms with Gasteiger partial charge in [-0.05, 0) is 44.9 Å². The van der Waals surface area contributed by atoms with Crippen molar-refractivity contribution in [2.24, 2.45) is 0 Å². The molecule has 6 heteroatoms. The minimum absolute atomic E-state index is 0.0591. The highest BCUT2D eigenvalue weighted by Crippen LogP contribution is 2.40. The second-order valence-electron chi connectivity index (χ2n) is 6.21. The number of fused-ring (bicyclic) bond motifs is 3. The Hall–Kier alpha value is -2.76. The fourth-order valence-corrected chi connectivity index (χ4v) is 3.35. The largest absolute Gasteiger partial charge is 0.493 e. The maximum atomic E-state index is 12.5. The summed E-state index contributed by atoms with van der Waals surface area (Å²) >= 11 is 0. The maximum Gasteiger partial charge on any atom is 0.343 e. The maximum absolute atomic E-state index is 12.5. The lowest BCUT2D eigenvalue weighted by molar-refractivity contribution is 0.0523. The third-order valence-corrected chi connectivity index (χ3v) is 4.53. The van der Waals surface area contributed by atoms with Crippen LogP contribution in [0.5, 0.6) is 11.5 Å². The van der Waals surface area contributed by atoms with Gasteiger partial charge in [-0.25, -0.2) is 4.79 Å². The van der Waals surface area contributed by atoms with Gasteiger partial charge in [-0.3, -0.25) is 4.79 Å². The van der Waals surface area contributed by atoms with Crippen LogP contribution in [-0.2, 0) is 11.2 Å². The molecule has 0 N–H and O–H groups in total. The van der Waals surface area contributed by atoms with Crippen molar-refractivity contribution in [2.45, 2.75) is 33.2 Å². The zero-order chi connectivity index (χ0) is 18.8. The number of carbonyl (C=O) groups excluding carboxylic acids is 1. The zero-order valence-electron chi connectivity index (χ0n) is 15.5. The van der Waals surface area contributed by atoms with Crippen LogP contribution in [0, 0.1) is 0 Å². The molecule has 138 valence electrons. The van der Waals surface area contributed by atoms with Gasteiger partial charge in [-0.1, -0.05) is 0 Å². The Balaban J connectivity index is 2.17. The van der Waals surface area contributed by atoms with Gasteiger partial charge in [0.1, 0.15) is 5.56 Å². The molecule has 0 spiro atoms. The number of aromatic nitrogens is 1. The Kier molecular flexibility index (Phi) is 5.02. The molecule has 0 saturated heterocycles. The van der Waals surface area contributed by atoms with Crippen LogP contribution in [0.3, 0.4) is 0 Å². The number of rotatable bonds is 5. The van der Waals surface area contributed by atoms with Gasteiger partial charge in [0.15, 0.2) is 16.9 Å². The van der Waals surface area contributed by atoms with Crippen molar-refractivity contribution in [3.63, 3.8) is 0 Å². The molecule has 3 rings (SSSR count). The molecule has 1 unspecified atom stereocenters. The molecule has 6 nitrogen and oxygen atoms in total. The Bertz CT molecular complexity index is 900. The van der Waals surface area contributed by atoms with Crippen molar-refractivity contribution >= 4 is 5.97 Å². The van der Waals surface area contributed by atoms with Gasteiger partial charge < -0.3 is 18.8 Å². The smallest absolute Gasteiger partial charge is 0.343 e. The lowest BCUT2D eigenvalue weighted by Crippen LogP contribution is -2.25. The van der Waals surface area contributed by atoms with Crippen LogP contribution in [0.15, 0.2) is 29.2 Å². The summed E-state index contributed by atoms with van der Waals surface area (Å²) in [6, 6.07) is 5.46. The Morgan fingerprint density at radius 3 is 2.62 bits per heavy atom. The second-order valence-corrected chi connectivity index (χ2v) is 6.21. The molecule has 1 aromatic heterocycles. The summed E-state index contributed by atoms with van der Waals surface area (Å²) in [5.41, 5.74) is 2.48. The fraction of sp³-hybridized carbons (Fsp3) is 0.400. The minimum atomic E-state index is -0.588. The Labute approximate surface area is 152 Å². The lowest BCUT2D eigenvalue weighted by Gasteiger charge is -2.29. The van der Waals surface area contributed by atoms with Crippen LogP contribution in [0.2, 0.25) is 0 Å². The summed E-state index contributed by atoms with van der Waals surface area (Å²) < 4.78 is 18.1. The van der Waals surface area contributed by atoms with Crippen molar-refractivity contribution in [2.75, 3.05) is 20.3 Å². The van der Waals surface area contributed by atoms with Crippen molar-refractivity contribution in [1.82, 2.24) is 4.57 Å². The highest BCUT2D eigenvalue weighted by molar-refractivity contribution is 5.89. The molecule has 2 aromatic rings. The quantitative estimate of drug-likeness (QED) is 0.769. The number of esters is 1. The van der Waals surface area contributed by atoms with Crippen molar-refractivity contribution in [3.8, 4) is 22.8 Å². The number of hydrogen-bond acceptors (Lipinski definition) is 5. The first-order chi connectivity index (χ1) is 12.5. The van der Waals surface area contributed by atoms with E-state index < -0.39 is 5.97 Å². The van der Waals surface area contributed by atoms with E-state index in [2.05, 4.69) is 6.92 Å². The van der Waals surface area contributed by atoms with E-state index in [1.807, 2.05) is 23.6 Å². The van der Waals surface area contributed by atoms with Crippen LogP contribution in [0.25, 0.3) is 11.3 Å². The first-order valence-corrected chi connectivity index (χ1v) is 8.77. The van der Waals surface area contributed by atoms with Gasteiger partial charge >= 0.3 is 5.97 Å². The summed E-state index contributed by atoms with van der Waals surface area (Å²) in [6.07, 6.45) is 2.36. The number of carbonyl (C=O) groups is 1. The summed E-state index contributed by atoms with van der Waals surface area (Å²) in [7, 11) is 1.59. The molecule has 1 aromatic carbocycles. The van der Waals surface area contributed by atoms with E-state index >= 15 is 0 Å². The average Bonchev–Trinajstić information content (AvgIpc) is 2.61. The molecule has 2 heterocycles. The van der Waals surface area contributed by atoms with E-state index in [0.29, 0.717) is 18.1 Å². The summed E-state index contributed by atoms with van der Waals surface area (Å²) in [5, 5.41) is 0. The number of hydrogen-bond donors (Lipinski definition) is 0. The predicted molar refractivity (Wildman–Crippen MR) is 98.2 cm³/mol. The normalized spacial score (nSPS) is 15.0. The number of pyridine rings is 1. The van der Waals surface area contributed by atoms with Gasteiger partial charge in [0.2, 0.25) is 0 Å². The van der Waals surface area contributed by atoms with Gasteiger partial charge in [0.25, 0.3) is 0 Å². The van der Waals surface area contributed by atoms with Crippen LogP contribution < -0.4 is 14.9 Å². The van der Waals surface area contributed by atoms with Gasteiger partial charge in [-0.15, -0.1) is 0 Å². The highest BCUT2D eigenvalue weighted by atomic mass is 16.5. The predicted octanol–water partition coefficient (Wildman–Crippen LogP) is 3.22. The number of methoxy groups -OCH3 is 1. The first kappa shape index (κ1) is 18.0. The van der Waals surface area contributed by atoms with E-state index in [0.717, 1.165) is 23.2 Å². The third-order valence-electron chi connectivity index (χ3n) is 4.53. The topological polar surface area (TPSA) is 66.8 Å². The molecule has 0 amide bonds. The molecule has 0 bridgehead atoms. The Morgan fingerprint density at radius 2 is 1.96 bits per heavy atom. The Morgan fingerprint density at radius 1 is 1.19 bits per heavy atom. The van der Waals surface area contributed by atoms with Crippen molar-refractivity contribution in [3.05, 3.63) is 45.7 Å². The first-order valence-electron chi connectivity index (χ1n) is 8.77. The second kappa shape index (κ2) is 7.23. The van der Waals surface area contributed by atoms with Crippen LogP contribution in [-0.4, -0.2) is 30.9 Å². The van der Waals surface area contributed by atoms with Crippen LogP contribution >= 0.6 is 0 Å². The van der Waals surface area contributed by atoms with E-state index in [4.69, 9.17) is 14.2 Å². The summed E-state index contributed by atoms with van der Waals surface area (Å²) in [5.74, 6) is 0.726. The molecule has 1 atom stereocenters. The molecule has 1 aliphatic heterocycles. The standard InChI is InChI=1S/C20H23NO5/c1-5-25-19-8-13-7-12(3)21-11-15(20(23)26-6-2)17(22)10-16(21)14(13)9-18(19)24-4/h8-12H,5-7H2,1-4H3. The highest BCUT2D eigenvalue weighted by Gasteiger charge is 2.26. The number of ether oxygens (including phenoxy) is 3. The minimum Gasteiger partial charge on any atom is -0.493 e. The van der Waals surface area contributed by atoms with Crippen molar-refractivity contribution in [1.29, 1.82) is 0 Å². The number of benzene rings is 1. The fourth-order valence-electron chi connectivity index (χ4n) is 3.35. The third kappa shape index (κ3) is 3.07. The zero-order valence-corrected chi connectivity index (χ0v) is 15.5. The lowest BCUT2D eigenvalue weighted by atomic mass is 9.92. The summed E-state index contributed by atoms with van der Waals surface area (Å²) in [4.78, 5) is 24.5. The van der Waals surface area contributed by atoms with E-state index in [1.54, 1.807) is 20.2 Å². The molecular weight excluding hydrogens is 334 g/mol.